The van der Waals surface area contributed by atoms with Crippen LogP contribution in [0.3, 0.4) is 0 Å². The number of likely N-dealkylation sites (N-methyl/N-ethyl adjacent to an activating group) is 1. The van der Waals surface area contributed by atoms with Crippen molar-refractivity contribution in [3.63, 3.8) is 0 Å². The van der Waals surface area contributed by atoms with E-state index >= 15 is 0 Å². The van der Waals surface area contributed by atoms with E-state index < -0.39 is 36.3 Å². The molecule has 2 aliphatic rings. The molecular weight excluding hydrogens is 409 g/mol. The summed E-state index contributed by atoms with van der Waals surface area (Å²) < 4.78 is 39.7. The van der Waals surface area contributed by atoms with Crippen molar-refractivity contribution in [3.05, 3.63) is 88.8 Å². The summed E-state index contributed by atoms with van der Waals surface area (Å²) in [7, 11) is 0. The van der Waals surface area contributed by atoms with Gasteiger partial charge in [0.2, 0.25) is 5.91 Å². The molecule has 1 N–H and O–H groups in total. The fourth-order valence-electron chi connectivity index (χ4n) is 4.27. The van der Waals surface area contributed by atoms with Gasteiger partial charge in [0.25, 0.3) is 5.91 Å². The Kier molecular flexibility index (Phi) is 3.96. The van der Waals surface area contributed by atoms with Crippen molar-refractivity contribution in [3.8, 4) is 0 Å². The molecule has 2 heterocycles. The van der Waals surface area contributed by atoms with E-state index in [9.17, 15) is 14.0 Å². The molecule has 160 valence electrons. The third-order valence-electron chi connectivity index (χ3n) is 5.94. The summed E-state index contributed by atoms with van der Waals surface area (Å²) in [6, 6.07) is 12.5. The Morgan fingerprint density at radius 3 is 2.91 bits per heavy atom. The molecular formula is C24H20FN5O2. The summed E-state index contributed by atoms with van der Waals surface area (Å²) in [6.45, 7) is 4.70. The molecule has 3 atom stereocenters. The first kappa shape index (κ1) is 16.7. The average Bonchev–Trinajstić information content (AvgIpc) is 3.53. The van der Waals surface area contributed by atoms with Crippen molar-refractivity contribution in [1.82, 2.24) is 15.1 Å². The minimum atomic E-state index is -2.81. The summed E-state index contributed by atoms with van der Waals surface area (Å²) >= 11 is 0. The van der Waals surface area contributed by atoms with Gasteiger partial charge in [0, 0.05) is 16.8 Å². The highest BCUT2D eigenvalue weighted by Crippen LogP contribution is 2.55. The molecule has 0 unspecified atom stereocenters. The van der Waals surface area contributed by atoms with Crippen LogP contribution in [0.25, 0.3) is 4.85 Å². The van der Waals surface area contributed by atoms with E-state index in [4.69, 9.17) is 10.7 Å². The number of nitrogens with zero attached hydrogens (tertiary/aromatic N) is 4. The summed E-state index contributed by atoms with van der Waals surface area (Å²) in [5.74, 6) is -3.10. The second kappa shape index (κ2) is 7.61. The fraction of sp³-hybridized carbons (Fsp3) is 0.250. The maximum absolute atomic E-state index is 14.6. The second-order valence-electron chi connectivity index (χ2n) is 7.99. The Hall–Kier alpha value is -3.99. The van der Waals surface area contributed by atoms with Gasteiger partial charge in [-0.15, -0.1) is 0 Å². The average molecular weight is 432 g/mol. The van der Waals surface area contributed by atoms with Gasteiger partial charge in [0.1, 0.15) is 6.04 Å². The summed E-state index contributed by atoms with van der Waals surface area (Å²) in [6.07, 6.45) is 1.64. The number of aromatic nitrogens is 2. The quantitative estimate of drug-likeness (QED) is 0.642. The van der Waals surface area contributed by atoms with Gasteiger partial charge < -0.3 is 10.2 Å². The molecule has 8 heteroatoms. The number of hydrogen-bond donors (Lipinski definition) is 1. The molecule has 32 heavy (non-hydrogen) atoms. The van der Waals surface area contributed by atoms with Crippen molar-refractivity contribution < 1.29 is 18.1 Å². The Morgan fingerprint density at radius 2 is 2.16 bits per heavy atom. The van der Waals surface area contributed by atoms with Gasteiger partial charge >= 0.3 is 0 Å². The number of nitrogens with one attached hydrogen (secondary N) is 1. The van der Waals surface area contributed by atoms with Crippen LogP contribution in [0.1, 0.15) is 38.1 Å². The molecule has 0 radical (unpaired) electrons. The highest BCUT2D eigenvalue weighted by Gasteiger charge is 2.52. The largest absolute Gasteiger partial charge is 0.338 e. The van der Waals surface area contributed by atoms with Crippen LogP contribution in [0.4, 0.5) is 15.8 Å². The number of carbonyl (C=O) groups is 2. The lowest BCUT2D eigenvalue weighted by Gasteiger charge is -2.23. The highest BCUT2D eigenvalue weighted by molar-refractivity contribution is 6.03. The summed E-state index contributed by atoms with van der Waals surface area (Å²) in [4.78, 5) is 30.5. The third kappa shape index (κ3) is 3.42. The van der Waals surface area contributed by atoms with E-state index in [1.54, 1.807) is 6.07 Å². The molecule has 5 rings (SSSR count). The maximum Gasteiger partial charge on any atom is 0.275 e. The molecule has 2 amide bonds. The lowest BCUT2D eigenvalue weighted by molar-refractivity contribution is -0.120. The lowest BCUT2D eigenvalue weighted by Crippen LogP contribution is -2.48. The normalized spacial score (nSPS) is 23.0. The lowest BCUT2D eigenvalue weighted by atomic mass is 10.0. The monoisotopic (exact) mass is 432 g/mol. The number of hydrogen-bond acceptors (Lipinski definition) is 3. The van der Waals surface area contributed by atoms with Gasteiger partial charge in [-0.05, 0) is 35.4 Å². The first-order valence-corrected chi connectivity index (χ1v) is 10.1. The van der Waals surface area contributed by atoms with Gasteiger partial charge in [-0.25, -0.2) is 9.24 Å². The third-order valence-corrected chi connectivity index (χ3v) is 5.94. The molecule has 1 aliphatic heterocycles. The Morgan fingerprint density at radius 1 is 1.34 bits per heavy atom. The van der Waals surface area contributed by atoms with Gasteiger partial charge in [0.15, 0.2) is 17.2 Å². The SMILES string of the molecule is [2H]C([2H])([2H])N1C(=O)[C@@H](NC(=O)c2nn(Cc3ccccc3)cc2F)[C@H]2C[C@H]2c2cc([N+]#[C-])ccc21. The molecule has 3 aromatic rings. The molecule has 1 aliphatic carbocycles. The molecule has 1 saturated carbocycles. The van der Waals surface area contributed by atoms with Crippen LogP contribution in [0.15, 0.2) is 54.7 Å². The number of carbonyl (C=O) groups excluding carboxylic acids is 2. The van der Waals surface area contributed by atoms with Crippen molar-refractivity contribution in [2.45, 2.75) is 24.9 Å². The van der Waals surface area contributed by atoms with Gasteiger partial charge in [-0.1, -0.05) is 42.5 Å². The van der Waals surface area contributed by atoms with Crippen LogP contribution in [-0.4, -0.2) is 34.6 Å². The predicted octanol–water partition coefficient (Wildman–Crippen LogP) is 3.50. The highest BCUT2D eigenvalue weighted by atomic mass is 19.1. The fourth-order valence-corrected chi connectivity index (χ4v) is 4.27. The zero-order valence-corrected chi connectivity index (χ0v) is 16.8. The van der Waals surface area contributed by atoms with Gasteiger partial charge in [-0.2, -0.15) is 5.10 Å². The van der Waals surface area contributed by atoms with Gasteiger partial charge in [0.05, 0.1) is 19.3 Å². The molecule has 0 bridgehead atoms. The maximum atomic E-state index is 14.6. The number of benzene rings is 2. The van der Waals surface area contributed by atoms with E-state index in [2.05, 4.69) is 15.3 Å². The Bertz CT molecular complexity index is 1370. The van der Waals surface area contributed by atoms with Crippen molar-refractivity contribution in [2.24, 2.45) is 5.92 Å². The minimum absolute atomic E-state index is 0.199. The van der Waals surface area contributed by atoms with Crippen LogP contribution in [-0.2, 0) is 11.3 Å². The van der Waals surface area contributed by atoms with Crippen LogP contribution in [0.2, 0.25) is 0 Å². The smallest absolute Gasteiger partial charge is 0.275 e. The second-order valence-corrected chi connectivity index (χ2v) is 7.99. The summed E-state index contributed by atoms with van der Waals surface area (Å²) in [5, 5.41) is 6.59. The van der Waals surface area contributed by atoms with Crippen LogP contribution in [0, 0.1) is 18.3 Å². The number of rotatable bonds is 4. The minimum Gasteiger partial charge on any atom is -0.338 e. The zero-order chi connectivity index (χ0) is 24.9. The van der Waals surface area contributed by atoms with Crippen LogP contribution < -0.4 is 10.2 Å². The first-order valence-electron chi connectivity index (χ1n) is 11.6. The number of amides is 2. The molecule has 2 aromatic carbocycles. The summed E-state index contributed by atoms with van der Waals surface area (Å²) in [5.41, 5.74) is 1.52. The Balaban J connectivity index is 1.43. The van der Waals surface area contributed by atoms with Crippen LogP contribution >= 0.6 is 0 Å². The van der Waals surface area contributed by atoms with E-state index in [0.29, 0.717) is 22.6 Å². The standard InChI is InChI=1S/C24H20FN5O2/c1-26-15-8-9-20-17(10-15)16-11-18(16)21(24(32)29(20)2)27-23(31)22-19(25)13-30(28-22)12-14-6-4-3-5-7-14/h3-10,13,16,18,21H,11-12H2,2H3,(H,27,31)/t16-,18-,21-/m0/s1/i2D3. The van der Waals surface area contributed by atoms with E-state index in [0.717, 1.165) is 11.8 Å². The number of fused-ring (bicyclic) bond motifs is 3. The molecule has 1 aromatic heterocycles. The van der Waals surface area contributed by atoms with E-state index in [-0.39, 0.29) is 24.1 Å². The van der Waals surface area contributed by atoms with E-state index in [1.807, 2.05) is 30.3 Å². The molecule has 1 fully saturated rings. The van der Waals surface area contributed by atoms with Crippen LogP contribution in [0.5, 0.6) is 0 Å². The molecule has 0 spiro atoms. The topological polar surface area (TPSA) is 71.6 Å². The molecule has 0 saturated heterocycles. The van der Waals surface area contributed by atoms with Gasteiger partial charge in [-0.3, -0.25) is 14.3 Å². The van der Waals surface area contributed by atoms with Crippen molar-refractivity contribution >= 4 is 23.2 Å². The molecule has 7 nitrogen and oxygen atoms in total. The zero-order valence-electron chi connectivity index (χ0n) is 19.8. The van der Waals surface area contributed by atoms with Crippen molar-refractivity contribution in [1.29, 1.82) is 0 Å². The van der Waals surface area contributed by atoms with E-state index in [1.165, 1.54) is 16.8 Å². The predicted molar refractivity (Wildman–Crippen MR) is 116 cm³/mol. The number of halogens is 1. The van der Waals surface area contributed by atoms with Crippen molar-refractivity contribution in [2.75, 3.05) is 11.9 Å². The Labute approximate surface area is 188 Å². The number of anilines is 1. The first-order chi connectivity index (χ1) is 16.7.